The summed E-state index contributed by atoms with van der Waals surface area (Å²) >= 11 is 0. The fourth-order valence-electron chi connectivity index (χ4n) is 2.40. The lowest BCUT2D eigenvalue weighted by molar-refractivity contribution is 0.581. The van der Waals surface area contributed by atoms with Crippen molar-refractivity contribution in [2.24, 2.45) is 0 Å². The fraction of sp³-hybridized carbons (Fsp3) is 0.294. The highest BCUT2D eigenvalue weighted by Crippen LogP contribution is 2.23. The van der Waals surface area contributed by atoms with E-state index in [1.54, 1.807) is 12.1 Å². The maximum absolute atomic E-state index is 13.2. The minimum atomic E-state index is -0.173. The highest BCUT2D eigenvalue weighted by atomic mass is 19.1. The summed E-state index contributed by atoms with van der Waals surface area (Å²) in [5.41, 5.74) is 4.81. The Bertz CT molecular complexity index is 563. The van der Waals surface area contributed by atoms with Gasteiger partial charge < -0.3 is 5.32 Å². The Morgan fingerprint density at radius 2 is 1.89 bits per heavy atom. The number of halogens is 1. The van der Waals surface area contributed by atoms with E-state index < -0.39 is 0 Å². The number of hydrogen-bond donors (Lipinski definition) is 1. The average molecular weight is 257 g/mol. The largest absolute Gasteiger partial charge is 0.313 e. The van der Waals surface area contributed by atoms with Crippen molar-refractivity contribution in [3.05, 3.63) is 70.5 Å². The zero-order valence-electron chi connectivity index (χ0n) is 11.7. The average Bonchev–Trinajstić information content (AvgIpc) is 2.39. The van der Waals surface area contributed by atoms with Gasteiger partial charge in [-0.25, -0.2) is 4.39 Å². The third-order valence-electron chi connectivity index (χ3n) is 3.49. The van der Waals surface area contributed by atoms with Gasteiger partial charge in [0, 0.05) is 6.04 Å². The molecule has 0 heterocycles. The number of rotatable bonds is 4. The van der Waals surface area contributed by atoms with Crippen molar-refractivity contribution >= 4 is 0 Å². The van der Waals surface area contributed by atoms with E-state index in [0.717, 1.165) is 12.0 Å². The highest BCUT2D eigenvalue weighted by molar-refractivity contribution is 5.34. The van der Waals surface area contributed by atoms with Crippen molar-refractivity contribution in [3.63, 3.8) is 0 Å². The molecule has 0 saturated carbocycles. The van der Waals surface area contributed by atoms with Gasteiger partial charge in [0.25, 0.3) is 0 Å². The molecule has 0 saturated heterocycles. The molecule has 19 heavy (non-hydrogen) atoms. The fourth-order valence-corrected chi connectivity index (χ4v) is 2.40. The molecular weight excluding hydrogens is 237 g/mol. The van der Waals surface area contributed by atoms with E-state index in [1.807, 2.05) is 13.1 Å². The number of aryl methyl sites for hydroxylation is 2. The summed E-state index contributed by atoms with van der Waals surface area (Å²) in [4.78, 5) is 0. The van der Waals surface area contributed by atoms with Gasteiger partial charge in [0.2, 0.25) is 0 Å². The third kappa shape index (κ3) is 3.42. The molecule has 0 spiro atoms. The van der Waals surface area contributed by atoms with Gasteiger partial charge in [-0.15, -0.1) is 0 Å². The molecule has 100 valence electrons. The van der Waals surface area contributed by atoms with Crippen LogP contribution in [-0.4, -0.2) is 7.05 Å². The summed E-state index contributed by atoms with van der Waals surface area (Å²) in [6, 6.07) is 13.5. The normalized spacial score (nSPS) is 12.4. The van der Waals surface area contributed by atoms with E-state index in [2.05, 4.69) is 37.4 Å². The van der Waals surface area contributed by atoms with E-state index in [-0.39, 0.29) is 11.9 Å². The molecule has 1 atom stereocenters. The van der Waals surface area contributed by atoms with Gasteiger partial charge in [-0.3, -0.25) is 0 Å². The first-order chi connectivity index (χ1) is 9.10. The predicted octanol–water partition coefficient (Wildman–Crippen LogP) is 3.95. The maximum Gasteiger partial charge on any atom is 0.123 e. The molecule has 0 fully saturated rings. The van der Waals surface area contributed by atoms with Crippen LogP contribution in [0.4, 0.5) is 4.39 Å². The third-order valence-corrected chi connectivity index (χ3v) is 3.49. The summed E-state index contributed by atoms with van der Waals surface area (Å²) < 4.78 is 13.2. The van der Waals surface area contributed by atoms with E-state index in [0.29, 0.717) is 0 Å². The zero-order valence-corrected chi connectivity index (χ0v) is 11.7. The Balaban J connectivity index is 2.27. The standard InChI is InChI=1S/C17H20FN/c1-12-7-8-13(2)16(9-12)17(19-3)11-14-5-4-6-15(18)10-14/h4-10,17,19H,11H2,1-3H3. The van der Waals surface area contributed by atoms with Crippen LogP contribution >= 0.6 is 0 Å². The van der Waals surface area contributed by atoms with Crippen LogP contribution < -0.4 is 5.32 Å². The number of nitrogens with one attached hydrogen (secondary N) is 1. The Morgan fingerprint density at radius 1 is 1.11 bits per heavy atom. The first-order valence-corrected chi connectivity index (χ1v) is 6.59. The molecule has 0 aromatic heterocycles. The lowest BCUT2D eigenvalue weighted by atomic mass is 9.94. The molecule has 2 rings (SSSR count). The van der Waals surface area contributed by atoms with Crippen LogP contribution in [0.5, 0.6) is 0 Å². The van der Waals surface area contributed by atoms with Gasteiger partial charge in [-0.05, 0) is 56.1 Å². The Hall–Kier alpha value is -1.67. The van der Waals surface area contributed by atoms with Crippen LogP contribution in [0, 0.1) is 19.7 Å². The minimum absolute atomic E-state index is 0.173. The van der Waals surface area contributed by atoms with Gasteiger partial charge in [-0.1, -0.05) is 35.9 Å². The molecule has 2 aromatic rings. The lowest BCUT2D eigenvalue weighted by Crippen LogP contribution is -2.20. The monoisotopic (exact) mass is 257 g/mol. The molecule has 1 N–H and O–H groups in total. The molecule has 0 amide bonds. The lowest BCUT2D eigenvalue weighted by Gasteiger charge is -2.19. The quantitative estimate of drug-likeness (QED) is 0.874. The molecule has 0 aliphatic heterocycles. The van der Waals surface area contributed by atoms with E-state index in [4.69, 9.17) is 0 Å². The summed E-state index contributed by atoms with van der Waals surface area (Å²) in [7, 11) is 1.95. The van der Waals surface area contributed by atoms with Crippen molar-refractivity contribution in [1.29, 1.82) is 0 Å². The van der Waals surface area contributed by atoms with Gasteiger partial charge in [0.1, 0.15) is 5.82 Å². The van der Waals surface area contributed by atoms with Crippen molar-refractivity contribution in [1.82, 2.24) is 5.32 Å². The molecule has 0 aliphatic rings. The van der Waals surface area contributed by atoms with E-state index >= 15 is 0 Å². The van der Waals surface area contributed by atoms with Crippen molar-refractivity contribution < 1.29 is 4.39 Å². The van der Waals surface area contributed by atoms with Crippen LogP contribution in [0.15, 0.2) is 42.5 Å². The summed E-state index contributed by atoms with van der Waals surface area (Å²) in [5.74, 6) is -0.173. The van der Waals surface area contributed by atoms with E-state index in [9.17, 15) is 4.39 Å². The van der Waals surface area contributed by atoms with E-state index in [1.165, 1.54) is 22.8 Å². The van der Waals surface area contributed by atoms with Gasteiger partial charge >= 0.3 is 0 Å². The molecule has 1 nitrogen and oxygen atoms in total. The van der Waals surface area contributed by atoms with Crippen LogP contribution in [-0.2, 0) is 6.42 Å². The Kier molecular flexibility index (Phi) is 4.33. The maximum atomic E-state index is 13.2. The molecule has 0 bridgehead atoms. The molecule has 1 unspecified atom stereocenters. The molecular formula is C17H20FN. The summed E-state index contributed by atoms with van der Waals surface area (Å²) in [6.45, 7) is 4.21. The Labute approximate surface area is 114 Å². The smallest absolute Gasteiger partial charge is 0.123 e. The SMILES string of the molecule is CNC(Cc1cccc(F)c1)c1cc(C)ccc1C. The number of hydrogen-bond acceptors (Lipinski definition) is 1. The predicted molar refractivity (Wildman–Crippen MR) is 77.8 cm³/mol. The van der Waals surface area contributed by atoms with Gasteiger partial charge in [0.15, 0.2) is 0 Å². The number of likely N-dealkylation sites (N-methyl/N-ethyl adjacent to an activating group) is 1. The molecule has 0 aliphatic carbocycles. The molecule has 0 radical (unpaired) electrons. The first kappa shape index (κ1) is 13.8. The topological polar surface area (TPSA) is 12.0 Å². The summed E-state index contributed by atoms with van der Waals surface area (Å²) in [6.07, 6.45) is 0.790. The summed E-state index contributed by atoms with van der Waals surface area (Å²) in [5, 5.41) is 3.33. The van der Waals surface area contributed by atoms with Crippen molar-refractivity contribution in [3.8, 4) is 0 Å². The molecule has 2 heteroatoms. The minimum Gasteiger partial charge on any atom is -0.313 e. The van der Waals surface area contributed by atoms with Crippen LogP contribution in [0.25, 0.3) is 0 Å². The zero-order chi connectivity index (χ0) is 13.8. The first-order valence-electron chi connectivity index (χ1n) is 6.59. The second kappa shape index (κ2) is 5.98. The van der Waals surface area contributed by atoms with Crippen LogP contribution in [0.1, 0.15) is 28.3 Å². The second-order valence-electron chi connectivity index (χ2n) is 5.04. The van der Waals surface area contributed by atoms with Gasteiger partial charge in [0.05, 0.1) is 0 Å². The second-order valence-corrected chi connectivity index (χ2v) is 5.04. The molecule has 2 aromatic carbocycles. The number of benzene rings is 2. The van der Waals surface area contributed by atoms with Crippen LogP contribution in [0.3, 0.4) is 0 Å². The Morgan fingerprint density at radius 3 is 2.58 bits per heavy atom. The van der Waals surface area contributed by atoms with Crippen molar-refractivity contribution in [2.75, 3.05) is 7.05 Å². The van der Waals surface area contributed by atoms with Crippen molar-refractivity contribution in [2.45, 2.75) is 26.3 Å². The van der Waals surface area contributed by atoms with Crippen LogP contribution in [0.2, 0.25) is 0 Å². The van der Waals surface area contributed by atoms with Gasteiger partial charge in [-0.2, -0.15) is 0 Å². The highest BCUT2D eigenvalue weighted by Gasteiger charge is 2.13.